The number of aromatic nitrogens is 2. The van der Waals surface area contributed by atoms with Crippen LogP contribution in [0.5, 0.6) is 5.75 Å². The number of benzene rings is 1. The molecule has 112 valence electrons. The SMILES string of the molecule is CCNCc1nnc(-c2cccc([N+](=O)[O-])c2OCC)o1. The van der Waals surface area contributed by atoms with Gasteiger partial charge in [-0.3, -0.25) is 10.1 Å². The highest BCUT2D eigenvalue weighted by atomic mass is 16.6. The minimum atomic E-state index is -0.496. The summed E-state index contributed by atoms with van der Waals surface area (Å²) in [5, 5.41) is 22.0. The Kier molecular flexibility index (Phi) is 4.83. The summed E-state index contributed by atoms with van der Waals surface area (Å²) in [5.41, 5.74) is 0.294. The Morgan fingerprint density at radius 2 is 2.19 bits per heavy atom. The first kappa shape index (κ1) is 14.9. The van der Waals surface area contributed by atoms with Crippen LogP contribution in [-0.4, -0.2) is 28.3 Å². The van der Waals surface area contributed by atoms with Crippen molar-refractivity contribution in [2.75, 3.05) is 13.2 Å². The molecule has 0 aliphatic heterocycles. The number of hydrogen-bond donors (Lipinski definition) is 1. The van der Waals surface area contributed by atoms with E-state index in [1.165, 1.54) is 6.07 Å². The van der Waals surface area contributed by atoms with Gasteiger partial charge in [0.25, 0.3) is 5.89 Å². The van der Waals surface area contributed by atoms with E-state index in [0.29, 0.717) is 24.6 Å². The molecule has 1 aromatic heterocycles. The van der Waals surface area contributed by atoms with Crippen LogP contribution in [-0.2, 0) is 6.54 Å². The molecule has 21 heavy (non-hydrogen) atoms. The van der Waals surface area contributed by atoms with E-state index in [1.54, 1.807) is 19.1 Å². The molecule has 8 heteroatoms. The molecule has 2 rings (SSSR count). The average molecular weight is 292 g/mol. The molecule has 0 fully saturated rings. The van der Waals surface area contributed by atoms with Crippen molar-refractivity contribution in [1.29, 1.82) is 0 Å². The minimum absolute atomic E-state index is 0.124. The minimum Gasteiger partial charge on any atom is -0.487 e. The Morgan fingerprint density at radius 1 is 1.38 bits per heavy atom. The largest absolute Gasteiger partial charge is 0.487 e. The highest BCUT2D eigenvalue weighted by Crippen LogP contribution is 2.37. The lowest BCUT2D eigenvalue weighted by atomic mass is 10.1. The summed E-state index contributed by atoms with van der Waals surface area (Å²) in [4.78, 5) is 10.6. The molecule has 0 saturated carbocycles. The van der Waals surface area contributed by atoms with Crippen LogP contribution in [0.2, 0.25) is 0 Å². The van der Waals surface area contributed by atoms with Crippen molar-refractivity contribution in [2.24, 2.45) is 0 Å². The summed E-state index contributed by atoms with van der Waals surface area (Å²) in [5.74, 6) is 0.763. The molecule has 0 bridgehead atoms. The first-order chi connectivity index (χ1) is 10.2. The molecule has 1 aromatic carbocycles. The van der Waals surface area contributed by atoms with Gasteiger partial charge >= 0.3 is 5.69 Å². The lowest BCUT2D eigenvalue weighted by molar-refractivity contribution is -0.385. The molecule has 0 unspecified atom stereocenters. The lowest BCUT2D eigenvalue weighted by Gasteiger charge is -2.07. The van der Waals surface area contributed by atoms with E-state index < -0.39 is 4.92 Å². The molecule has 1 N–H and O–H groups in total. The number of hydrogen-bond acceptors (Lipinski definition) is 7. The molecule has 0 aliphatic carbocycles. The van der Waals surface area contributed by atoms with Crippen molar-refractivity contribution in [1.82, 2.24) is 15.5 Å². The van der Waals surface area contributed by atoms with Crippen LogP contribution in [0.25, 0.3) is 11.5 Å². The van der Waals surface area contributed by atoms with Crippen LogP contribution in [0.3, 0.4) is 0 Å². The van der Waals surface area contributed by atoms with Gasteiger partial charge in [-0.2, -0.15) is 0 Å². The summed E-state index contributed by atoms with van der Waals surface area (Å²) in [6.07, 6.45) is 0. The quantitative estimate of drug-likeness (QED) is 0.616. The fraction of sp³-hybridized carbons (Fsp3) is 0.385. The van der Waals surface area contributed by atoms with E-state index in [-0.39, 0.29) is 17.3 Å². The molecule has 0 spiro atoms. The zero-order chi connectivity index (χ0) is 15.2. The number of para-hydroxylation sites is 1. The second-order valence-corrected chi connectivity index (χ2v) is 4.13. The Labute approximate surface area is 121 Å². The summed E-state index contributed by atoms with van der Waals surface area (Å²) in [7, 11) is 0. The van der Waals surface area contributed by atoms with Gasteiger partial charge in [-0.1, -0.05) is 13.0 Å². The molecular formula is C13H16N4O4. The molecule has 0 atom stereocenters. The summed E-state index contributed by atoms with van der Waals surface area (Å²) in [6.45, 7) is 5.24. The molecule has 1 heterocycles. The Morgan fingerprint density at radius 3 is 2.86 bits per heavy atom. The first-order valence-corrected chi connectivity index (χ1v) is 6.61. The van der Waals surface area contributed by atoms with Crippen molar-refractivity contribution in [2.45, 2.75) is 20.4 Å². The standard InChI is InChI=1S/C13H16N4O4/c1-3-14-8-11-15-16-13(21-11)9-6-5-7-10(17(18)19)12(9)20-4-2/h5-7,14H,3-4,8H2,1-2H3. The molecule has 0 radical (unpaired) electrons. The van der Waals surface area contributed by atoms with Crippen LogP contribution < -0.4 is 10.1 Å². The van der Waals surface area contributed by atoms with Crippen molar-refractivity contribution in [3.05, 3.63) is 34.2 Å². The highest BCUT2D eigenvalue weighted by molar-refractivity contribution is 5.69. The second-order valence-electron chi connectivity index (χ2n) is 4.13. The Bertz CT molecular complexity index is 626. The van der Waals surface area contributed by atoms with Crippen molar-refractivity contribution >= 4 is 5.69 Å². The van der Waals surface area contributed by atoms with E-state index in [9.17, 15) is 10.1 Å². The van der Waals surface area contributed by atoms with Gasteiger partial charge in [0, 0.05) is 6.07 Å². The Hall–Kier alpha value is -2.48. The molecule has 0 saturated heterocycles. The summed E-state index contributed by atoms with van der Waals surface area (Å²) >= 11 is 0. The molecule has 0 aliphatic rings. The number of ether oxygens (including phenoxy) is 1. The molecular weight excluding hydrogens is 276 g/mol. The highest BCUT2D eigenvalue weighted by Gasteiger charge is 2.23. The van der Waals surface area contributed by atoms with Gasteiger partial charge < -0.3 is 14.5 Å². The Balaban J connectivity index is 2.40. The third-order valence-corrected chi connectivity index (χ3v) is 2.70. The normalized spacial score (nSPS) is 10.6. The van der Waals surface area contributed by atoms with Crippen molar-refractivity contribution < 1.29 is 14.1 Å². The van der Waals surface area contributed by atoms with Crippen LogP contribution in [0.15, 0.2) is 22.6 Å². The van der Waals surface area contributed by atoms with Crippen LogP contribution in [0.1, 0.15) is 19.7 Å². The van der Waals surface area contributed by atoms with E-state index in [0.717, 1.165) is 6.54 Å². The zero-order valence-electron chi connectivity index (χ0n) is 11.8. The van der Waals surface area contributed by atoms with Gasteiger partial charge in [0.1, 0.15) is 0 Å². The molecule has 2 aromatic rings. The van der Waals surface area contributed by atoms with Gasteiger partial charge in [-0.05, 0) is 19.5 Å². The zero-order valence-corrected chi connectivity index (χ0v) is 11.8. The van der Waals surface area contributed by atoms with Gasteiger partial charge in [0.2, 0.25) is 11.6 Å². The topological polar surface area (TPSA) is 103 Å². The third-order valence-electron chi connectivity index (χ3n) is 2.70. The summed E-state index contributed by atoms with van der Waals surface area (Å²) < 4.78 is 10.9. The van der Waals surface area contributed by atoms with E-state index in [1.807, 2.05) is 6.92 Å². The predicted molar refractivity (Wildman–Crippen MR) is 74.9 cm³/mol. The van der Waals surface area contributed by atoms with Crippen molar-refractivity contribution in [3.8, 4) is 17.2 Å². The number of nitrogens with zero attached hydrogens (tertiary/aromatic N) is 3. The fourth-order valence-corrected chi connectivity index (χ4v) is 1.80. The summed E-state index contributed by atoms with van der Waals surface area (Å²) in [6, 6.07) is 4.59. The monoisotopic (exact) mass is 292 g/mol. The van der Waals surface area contributed by atoms with Gasteiger partial charge in [-0.25, -0.2) is 0 Å². The fourth-order valence-electron chi connectivity index (χ4n) is 1.80. The maximum Gasteiger partial charge on any atom is 0.311 e. The number of rotatable bonds is 7. The average Bonchev–Trinajstić information content (AvgIpc) is 2.94. The van der Waals surface area contributed by atoms with E-state index in [4.69, 9.17) is 9.15 Å². The second kappa shape index (κ2) is 6.80. The first-order valence-electron chi connectivity index (χ1n) is 6.61. The molecule has 0 amide bonds. The van der Waals surface area contributed by atoms with Crippen LogP contribution in [0, 0.1) is 10.1 Å². The van der Waals surface area contributed by atoms with Crippen LogP contribution in [0.4, 0.5) is 5.69 Å². The third kappa shape index (κ3) is 3.34. The lowest BCUT2D eigenvalue weighted by Crippen LogP contribution is -2.11. The maximum atomic E-state index is 11.1. The van der Waals surface area contributed by atoms with Gasteiger partial charge in [-0.15, -0.1) is 10.2 Å². The van der Waals surface area contributed by atoms with E-state index >= 15 is 0 Å². The van der Waals surface area contributed by atoms with E-state index in [2.05, 4.69) is 15.5 Å². The number of nitro benzene ring substituents is 1. The number of nitrogens with one attached hydrogen (secondary N) is 1. The predicted octanol–water partition coefficient (Wildman–Crippen LogP) is 2.15. The maximum absolute atomic E-state index is 11.1. The van der Waals surface area contributed by atoms with Gasteiger partial charge in [0.15, 0.2) is 0 Å². The number of nitro groups is 1. The van der Waals surface area contributed by atoms with Crippen molar-refractivity contribution in [3.63, 3.8) is 0 Å². The molecule has 8 nitrogen and oxygen atoms in total. The van der Waals surface area contributed by atoms with Gasteiger partial charge in [0.05, 0.1) is 23.6 Å². The smallest absolute Gasteiger partial charge is 0.311 e. The van der Waals surface area contributed by atoms with Crippen LogP contribution >= 0.6 is 0 Å².